The third-order valence-corrected chi connectivity index (χ3v) is 4.64. The first-order chi connectivity index (χ1) is 11.3. The van der Waals surface area contributed by atoms with Gasteiger partial charge in [0.25, 0.3) is 0 Å². The van der Waals surface area contributed by atoms with Crippen LogP contribution in [0.25, 0.3) is 11.0 Å². The second-order valence-electron chi connectivity index (χ2n) is 5.58. The van der Waals surface area contributed by atoms with Gasteiger partial charge in [-0.05, 0) is 36.5 Å². The number of para-hydroxylation sites is 2. The van der Waals surface area contributed by atoms with E-state index in [0.717, 1.165) is 42.3 Å². The lowest BCUT2D eigenvalue weighted by Crippen LogP contribution is -2.50. The van der Waals surface area contributed by atoms with Gasteiger partial charge in [-0.25, -0.2) is 0 Å². The van der Waals surface area contributed by atoms with Gasteiger partial charge in [0.1, 0.15) is 5.52 Å². The van der Waals surface area contributed by atoms with Crippen molar-refractivity contribution >= 4 is 34.1 Å². The van der Waals surface area contributed by atoms with Crippen molar-refractivity contribution < 1.29 is 0 Å². The van der Waals surface area contributed by atoms with Gasteiger partial charge in [-0.3, -0.25) is 0 Å². The molecule has 2 aromatic carbocycles. The zero-order valence-corrected chi connectivity index (χ0v) is 13.5. The summed E-state index contributed by atoms with van der Waals surface area (Å²) in [5.74, 6) is 0. The molecule has 1 saturated heterocycles. The summed E-state index contributed by atoms with van der Waals surface area (Å²) in [5.41, 5.74) is 3.10. The molecule has 0 spiro atoms. The fraction of sp³-hybridized carbons (Fsp3) is 0.235. The minimum atomic E-state index is 0.728. The second kappa shape index (κ2) is 5.96. The Bertz CT molecular complexity index is 821. The van der Waals surface area contributed by atoms with E-state index >= 15 is 0 Å². The molecule has 0 unspecified atom stereocenters. The van der Waals surface area contributed by atoms with Gasteiger partial charge in [0.2, 0.25) is 0 Å². The Kier molecular flexibility index (Phi) is 3.67. The monoisotopic (exact) mass is 323 g/mol. The minimum absolute atomic E-state index is 0.728. The first kappa shape index (κ1) is 14.1. The van der Waals surface area contributed by atoms with Crippen molar-refractivity contribution in [2.45, 2.75) is 0 Å². The maximum absolute atomic E-state index is 5.64. The average molecular weight is 323 g/mol. The largest absolute Gasteiger partial charge is 0.368 e. The standard InChI is InChI=1S/C17H17N5S/c23-17(22-16-9-5-4-8-15(16)18-19-22)21-12-10-20(11-13-21)14-6-2-1-3-7-14/h1-9H,10-13H2. The Morgan fingerprint density at radius 2 is 1.57 bits per heavy atom. The Labute approximate surface area is 140 Å². The Balaban J connectivity index is 1.49. The van der Waals surface area contributed by atoms with Crippen LogP contribution in [-0.2, 0) is 0 Å². The zero-order valence-electron chi connectivity index (χ0n) is 12.7. The lowest BCUT2D eigenvalue weighted by atomic mass is 10.2. The smallest absolute Gasteiger partial charge is 0.198 e. The zero-order chi connectivity index (χ0) is 15.6. The summed E-state index contributed by atoms with van der Waals surface area (Å²) in [6.07, 6.45) is 0. The van der Waals surface area contributed by atoms with Crippen LogP contribution in [0, 0.1) is 0 Å². The van der Waals surface area contributed by atoms with Crippen molar-refractivity contribution in [1.82, 2.24) is 19.9 Å². The van der Waals surface area contributed by atoms with Crippen molar-refractivity contribution in [3.05, 3.63) is 54.6 Å². The van der Waals surface area contributed by atoms with Gasteiger partial charge >= 0.3 is 0 Å². The van der Waals surface area contributed by atoms with E-state index in [2.05, 4.69) is 44.4 Å². The van der Waals surface area contributed by atoms with E-state index in [9.17, 15) is 0 Å². The van der Waals surface area contributed by atoms with Gasteiger partial charge in [-0.1, -0.05) is 35.5 Å². The van der Waals surface area contributed by atoms with Gasteiger partial charge in [0.15, 0.2) is 5.11 Å². The lowest BCUT2D eigenvalue weighted by molar-refractivity contribution is 0.379. The van der Waals surface area contributed by atoms with Crippen LogP contribution in [0.15, 0.2) is 54.6 Å². The van der Waals surface area contributed by atoms with Crippen LogP contribution < -0.4 is 4.90 Å². The van der Waals surface area contributed by atoms with Crippen LogP contribution in [0.5, 0.6) is 0 Å². The number of aromatic nitrogens is 3. The van der Waals surface area contributed by atoms with Gasteiger partial charge in [0.05, 0.1) is 5.52 Å². The fourth-order valence-corrected chi connectivity index (χ4v) is 3.26. The van der Waals surface area contributed by atoms with E-state index in [4.69, 9.17) is 12.2 Å². The van der Waals surface area contributed by atoms with Crippen LogP contribution in [0.3, 0.4) is 0 Å². The second-order valence-corrected chi connectivity index (χ2v) is 5.95. The number of nitrogens with zero attached hydrogens (tertiary/aromatic N) is 5. The van der Waals surface area contributed by atoms with Crippen LogP contribution in [-0.4, -0.2) is 51.2 Å². The number of benzene rings is 2. The Morgan fingerprint density at radius 1 is 0.870 bits per heavy atom. The fourth-order valence-electron chi connectivity index (χ4n) is 2.94. The summed E-state index contributed by atoms with van der Waals surface area (Å²) in [4.78, 5) is 4.59. The predicted octanol–water partition coefficient (Wildman–Crippen LogP) is 2.39. The van der Waals surface area contributed by atoms with Gasteiger partial charge in [0, 0.05) is 31.9 Å². The molecule has 116 valence electrons. The molecule has 5 nitrogen and oxygen atoms in total. The topological polar surface area (TPSA) is 37.2 Å². The molecule has 0 atom stereocenters. The Morgan fingerprint density at radius 3 is 2.35 bits per heavy atom. The van der Waals surface area contributed by atoms with E-state index in [1.165, 1.54) is 5.69 Å². The molecule has 1 fully saturated rings. The summed E-state index contributed by atoms with van der Waals surface area (Å²) >= 11 is 5.64. The third-order valence-electron chi connectivity index (χ3n) is 4.20. The highest BCUT2D eigenvalue weighted by molar-refractivity contribution is 7.80. The predicted molar refractivity (Wildman–Crippen MR) is 95.8 cm³/mol. The third kappa shape index (κ3) is 2.66. The summed E-state index contributed by atoms with van der Waals surface area (Å²) < 4.78 is 1.77. The highest BCUT2D eigenvalue weighted by Crippen LogP contribution is 2.17. The SMILES string of the molecule is S=C(N1CCN(c2ccccc2)CC1)n1nnc2ccccc21. The Hall–Kier alpha value is -2.47. The number of thiocarbonyl (C=S) groups is 1. The number of rotatable bonds is 1. The van der Waals surface area contributed by atoms with E-state index in [1.54, 1.807) is 4.68 Å². The molecule has 2 heterocycles. The molecule has 0 saturated carbocycles. The summed E-state index contributed by atoms with van der Waals surface area (Å²) in [6.45, 7) is 3.69. The molecular formula is C17H17N5S. The van der Waals surface area contributed by atoms with E-state index in [0.29, 0.717) is 0 Å². The molecule has 1 aliphatic rings. The minimum Gasteiger partial charge on any atom is -0.368 e. The molecule has 0 radical (unpaired) electrons. The van der Waals surface area contributed by atoms with Crippen LogP contribution in [0.4, 0.5) is 5.69 Å². The first-order valence-electron chi connectivity index (χ1n) is 7.73. The summed E-state index contributed by atoms with van der Waals surface area (Å²) in [7, 11) is 0. The maximum Gasteiger partial charge on any atom is 0.198 e. The highest BCUT2D eigenvalue weighted by atomic mass is 32.1. The average Bonchev–Trinajstić information content (AvgIpc) is 3.06. The van der Waals surface area contributed by atoms with Crippen molar-refractivity contribution in [2.75, 3.05) is 31.1 Å². The molecule has 1 aliphatic heterocycles. The van der Waals surface area contributed by atoms with Gasteiger partial charge < -0.3 is 9.80 Å². The number of fused-ring (bicyclic) bond motifs is 1. The molecule has 23 heavy (non-hydrogen) atoms. The summed E-state index contributed by atoms with van der Waals surface area (Å²) in [5, 5.41) is 9.13. The van der Waals surface area contributed by atoms with Crippen LogP contribution >= 0.6 is 12.2 Å². The van der Waals surface area contributed by atoms with Crippen molar-refractivity contribution in [1.29, 1.82) is 0 Å². The molecule has 0 aliphatic carbocycles. The van der Waals surface area contributed by atoms with Crippen molar-refractivity contribution in [3.8, 4) is 0 Å². The van der Waals surface area contributed by atoms with Crippen molar-refractivity contribution in [2.24, 2.45) is 0 Å². The molecule has 6 heteroatoms. The molecule has 0 N–H and O–H groups in total. The molecule has 4 rings (SSSR count). The van der Waals surface area contributed by atoms with E-state index < -0.39 is 0 Å². The molecular weight excluding hydrogens is 306 g/mol. The number of piperazine rings is 1. The van der Waals surface area contributed by atoms with Gasteiger partial charge in [-0.2, -0.15) is 4.68 Å². The molecule has 1 aromatic heterocycles. The van der Waals surface area contributed by atoms with Gasteiger partial charge in [-0.15, -0.1) is 5.10 Å². The molecule has 0 bridgehead atoms. The molecule has 3 aromatic rings. The molecule has 0 amide bonds. The highest BCUT2D eigenvalue weighted by Gasteiger charge is 2.21. The first-order valence-corrected chi connectivity index (χ1v) is 8.13. The van der Waals surface area contributed by atoms with E-state index in [1.807, 2.05) is 30.3 Å². The number of anilines is 1. The van der Waals surface area contributed by atoms with Crippen LogP contribution in [0.1, 0.15) is 0 Å². The number of hydrogen-bond acceptors (Lipinski definition) is 4. The maximum atomic E-state index is 5.64. The normalized spacial score (nSPS) is 15.1. The van der Waals surface area contributed by atoms with Crippen molar-refractivity contribution in [3.63, 3.8) is 0 Å². The quantitative estimate of drug-likeness (QED) is 0.643. The lowest BCUT2D eigenvalue weighted by Gasteiger charge is -2.37. The summed E-state index contributed by atoms with van der Waals surface area (Å²) in [6, 6.07) is 18.4. The van der Waals surface area contributed by atoms with E-state index in [-0.39, 0.29) is 0 Å². The van der Waals surface area contributed by atoms with Crippen LogP contribution in [0.2, 0.25) is 0 Å². The number of hydrogen-bond donors (Lipinski definition) is 0.